The maximum atomic E-state index is 11.1. The highest BCUT2D eigenvalue weighted by Gasteiger charge is 2.24. The van der Waals surface area contributed by atoms with Gasteiger partial charge in [-0.1, -0.05) is 11.8 Å². The van der Waals surface area contributed by atoms with Gasteiger partial charge in [-0.15, -0.1) is 12.8 Å². The molecule has 2 unspecified atom stereocenters. The Hall–Kier alpha value is -2.20. The molecule has 0 spiro atoms. The van der Waals surface area contributed by atoms with Gasteiger partial charge in [0.1, 0.15) is 0 Å². The summed E-state index contributed by atoms with van der Waals surface area (Å²) in [5.74, 6) is 1.21. The highest BCUT2D eigenvalue weighted by atomic mass is 16.4. The van der Waals surface area contributed by atoms with E-state index in [9.17, 15) is 9.59 Å². The normalized spacial score (nSPS) is 12.7. The van der Waals surface area contributed by atoms with Crippen LogP contribution in [0, 0.1) is 36.5 Å². The van der Waals surface area contributed by atoms with Crippen molar-refractivity contribution in [3.05, 3.63) is 11.1 Å². The molecule has 0 aliphatic heterocycles. The van der Waals surface area contributed by atoms with Crippen molar-refractivity contribution in [1.82, 2.24) is 0 Å². The predicted octanol–water partition coefficient (Wildman–Crippen LogP) is 1.38. The first kappa shape index (κ1) is 14.8. The zero-order valence-corrected chi connectivity index (χ0v) is 9.73. The molecule has 0 saturated heterocycles. The van der Waals surface area contributed by atoms with E-state index in [1.807, 2.05) is 0 Å². The molecule has 0 amide bonds. The van der Waals surface area contributed by atoms with Crippen LogP contribution in [0.2, 0.25) is 0 Å². The number of carbonyl (C=O) groups is 2. The van der Waals surface area contributed by atoms with Crippen LogP contribution >= 0.6 is 0 Å². The zero-order chi connectivity index (χ0) is 13.6. The van der Waals surface area contributed by atoms with Crippen LogP contribution in [0.15, 0.2) is 11.1 Å². The van der Waals surface area contributed by atoms with Gasteiger partial charge in [-0.2, -0.15) is 0 Å². The molecule has 0 saturated carbocycles. The minimum Gasteiger partial charge on any atom is -0.481 e. The third-order valence-corrected chi connectivity index (χ3v) is 2.37. The van der Waals surface area contributed by atoms with Gasteiger partial charge >= 0.3 is 11.9 Å². The van der Waals surface area contributed by atoms with Gasteiger partial charge in [0, 0.05) is 17.4 Å². The SMILES string of the molecule is C#CC(C)C(=C(CC(=O)O)C(=O)O)C(C)C#C. The smallest absolute Gasteiger partial charge is 0.332 e. The molecule has 17 heavy (non-hydrogen) atoms. The van der Waals surface area contributed by atoms with Gasteiger partial charge in [0.15, 0.2) is 0 Å². The van der Waals surface area contributed by atoms with Crippen LogP contribution in [0.3, 0.4) is 0 Å². The second kappa shape index (κ2) is 6.40. The summed E-state index contributed by atoms with van der Waals surface area (Å²) < 4.78 is 0. The Labute approximate surface area is 100 Å². The van der Waals surface area contributed by atoms with E-state index in [0.717, 1.165) is 0 Å². The average molecular weight is 234 g/mol. The van der Waals surface area contributed by atoms with E-state index < -0.39 is 30.2 Å². The fourth-order valence-corrected chi connectivity index (χ4v) is 1.53. The van der Waals surface area contributed by atoms with E-state index in [4.69, 9.17) is 23.1 Å². The lowest BCUT2D eigenvalue weighted by Gasteiger charge is -2.17. The van der Waals surface area contributed by atoms with Crippen molar-refractivity contribution < 1.29 is 19.8 Å². The van der Waals surface area contributed by atoms with Crippen molar-refractivity contribution in [3.8, 4) is 24.7 Å². The molecule has 0 aliphatic carbocycles. The lowest BCUT2D eigenvalue weighted by Crippen LogP contribution is -2.17. The first-order chi connectivity index (χ1) is 7.84. The Kier molecular flexibility index (Phi) is 5.57. The van der Waals surface area contributed by atoms with Gasteiger partial charge in [0.05, 0.1) is 6.42 Å². The number of aliphatic carboxylic acids is 2. The molecule has 0 fully saturated rings. The predicted molar refractivity (Wildman–Crippen MR) is 62.9 cm³/mol. The van der Waals surface area contributed by atoms with Crippen LogP contribution in [0.4, 0.5) is 0 Å². The average Bonchev–Trinajstić information content (AvgIpc) is 2.26. The summed E-state index contributed by atoms with van der Waals surface area (Å²) in [6.07, 6.45) is 9.89. The van der Waals surface area contributed by atoms with Gasteiger partial charge in [0.2, 0.25) is 0 Å². The molecule has 90 valence electrons. The quantitative estimate of drug-likeness (QED) is 0.556. The van der Waals surface area contributed by atoms with Gasteiger partial charge in [-0.05, 0) is 19.4 Å². The fourth-order valence-electron chi connectivity index (χ4n) is 1.53. The van der Waals surface area contributed by atoms with E-state index in [1.165, 1.54) is 0 Å². The first-order valence-electron chi connectivity index (χ1n) is 4.95. The molecule has 0 aliphatic rings. The summed E-state index contributed by atoms with van der Waals surface area (Å²) in [7, 11) is 0. The van der Waals surface area contributed by atoms with Crippen LogP contribution < -0.4 is 0 Å². The fraction of sp³-hybridized carbons (Fsp3) is 0.385. The number of allylic oxidation sites excluding steroid dienone is 1. The Bertz CT molecular complexity index is 409. The van der Waals surface area contributed by atoms with Crippen molar-refractivity contribution in [1.29, 1.82) is 0 Å². The molecule has 0 heterocycles. The van der Waals surface area contributed by atoms with Crippen LogP contribution in [0.25, 0.3) is 0 Å². The van der Waals surface area contributed by atoms with Crippen LogP contribution in [0.1, 0.15) is 20.3 Å². The lowest BCUT2D eigenvalue weighted by atomic mass is 9.85. The number of carboxylic acids is 2. The van der Waals surface area contributed by atoms with Gasteiger partial charge in [-0.25, -0.2) is 4.79 Å². The Morgan fingerprint density at radius 2 is 1.53 bits per heavy atom. The van der Waals surface area contributed by atoms with Crippen molar-refractivity contribution in [3.63, 3.8) is 0 Å². The molecular weight excluding hydrogens is 220 g/mol. The van der Waals surface area contributed by atoms with Crippen LogP contribution in [-0.2, 0) is 9.59 Å². The van der Waals surface area contributed by atoms with Gasteiger partial charge in [0.25, 0.3) is 0 Å². The number of carboxylic acid groups (broad SMARTS) is 2. The Morgan fingerprint density at radius 3 is 1.76 bits per heavy atom. The van der Waals surface area contributed by atoms with Crippen molar-refractivity contribution >= 4 is 11.9 Å². The van der Waals surface area contributed by atoms with Crippen molar-refractivity contribution in [2.45, 2.75) is 20.3 Å². The summed E-state index contributed by atoms with van der Waals surface area (Å²) in [5, 5.41) is 17.7. The standard InChI is InChI=1S/C13H14O4/c1-5-8(3)12(9(4)6-2)10(13(16)17)7-11(14)15/h1-2,8-9H,7H2,3-4H3,(H,14,15)(H,16,17). The molecular formula is C13H14O4. The summed E-state index contributed by atoms with van der Waals surface area (Å²) in [6, 6.07) is 0. The van der Waals surface area contributed by atoms with E-state index in [-0.39, 0.29) is 5.57 Å². The van der Waals surface area contributed by atoms with Gasteiger partial charge in [-0.3, -0.25) is 4.79 Å². The van der Waals surface area contributed by atoms with Crippen LogP contribution in [-0.4, -0.2) is 22.2 Å². The minimum atomic E-state index is -1.30. The highest BCUT2D eigenvalue weighted by molar-refractivity contribution is 5.93. The third-order valence-electron chi connectivity index (χ3n) is 2.37. The van der Waals surface area contributed by atoms with Crippen LogP contribution in [0.5, 0.6) is 0 Å². The second-order valence-corrected chi connectivity index (χ2v) is 3.59. The molecule has 2 N–H and O–H groups in total. The third kappa shape index (κ3) is 4.04. The van der Waals surface area contributed by atoms with E-state index in [0.29, 0.717) is 5.57 Å². The molecule has 4 heteroatoms. The summed E-state index contributed by atoms with van der Waals surface area (Å²) in [5.41, 5.74) is 0.0818. The molecule has 2 atom stereocenters. The summed E-state index contributed by atoms with van der Waals surface area (Å²) in [4.78, 5) is 21.7. The van der Waals surface area contributed by atoms with E-state index in [2.05, 4.69) is 11.8 Å². The largest absolute Gasteiger partial charge is 0.481 e. The highest BCUT2D eigenvalue weighted by Crippen LogP contribution is 2.25. The number of hydrogen-bond donors (Lipinski definition) is 2. The molecule has 4 nitrogen and oxygen atoms in total. The lowest BCUT2D eigenvalue weighted by molar-refractivity contribution is -0.139. The monoisotopic (exact) mass is 234 g/mol. The van der Waals surface area contributed by atoms with Gasteiger partial charge < -0.3 is 10.2 Å². The maximum absolute atomic E-state index is 11.1. The molecule has 0 radical (unpaired) electrons. The molecule has 0 rings (SSSR count). The minimum absolute atomic E-state index is 0.228. The van der Waals surface area contributed by atoms with E-state index >= 15 is 0 Å². The Balaban J connectivity index is 5.75. The summed E-state index contributed by atoms with van der Waals surface area (Å²) >= 11 is 0. The maximum Gasteiger partial charge on any atom is 0.332 e. The van der Waals surface area contributed by atoms with Crippen molar-refractivity contribution in [2.75, 3.05) is 0 Å². The molecule has 0 aromatic heterocycles. The second-order valence-electron chi connectivity index (χ2n) is 3.59. The number of rotatable bonds is 5. The first-order valence-corrected chi connectivity index (χ1v) is 4.95. The zero-order valence-electron chi connectivity index (χ0n) is 9.73. The number of terminal acetylenes is 2. The molecule has 0 aromatic carbocycles. The van der Waals surface area contributed by atoms with Crippen molar-refractivity contribution in [2.24, 2.45) is 11.8 Å². The topological polar surface area (TPSA) is 74.6 Å². The summed E-state index contributed by atoms with van der Waals surface area (Å²) in [6.45, 7) is 3.24. The molecule has 0 aromatic rings. The molecule has 0 bridgehead atoms. The van der Waals surface area contributed by atoms with E-state index in [1.54, 1.807) is 13.8 Å². The number of hydrogen-bond acceptors (Lipinski definition) is 2. The Morgan fingerprint density at radius 1 is 1.12 bits per heavy atom.